The van der Waals surface area contributed by atoms with Crippen molar-refractivity contribution < 1.29 is 14.7 Å². The number of benzene rings is 1. The van der Waals surface area contributed by atoms with E-state index in [0.717, 1.165) is 18.7 Å². The van der Waals surface area contributed by atoms with Crippen LogP contribution in [-0.2, 0) is 9.59 Å². The molecule has 1 aliphatic rings. The largest absolute Gasteiger partial charge is 0.480 e. The van der Waals surface area contributed by atoms with Gasteiger partial charge in [0.1, 0.15) is 6.54 Å². The number of amides is 1. The predicted molar refractivity (Wildman–Crippen MR) is 76.7 cm³/mol. The molecule has 0 saturated carbocycles. The number of hydrogen-bond donors (Lipinski definition) is 2. The van der Waals surface area contributed by atoms with Crippen LogP contribution in [-0.4, -0.2) is 36.6 Å². The van der Waals surface area contributed by atoms with E-state index in [1.165, 1.54) is 4.90 Å². The SMILES string of the molecule is Cc1ccc(N(CC(=O)O)C(=O)C(C)C2CNC2)cc1. The lowest BCUT2D eigenvalue weighted by molar-refractivity contribution is -0.137. The minimum Gasteiger partial charge on any atom is -0.480 e. The van der Waals surface area contributed by atoms with E-state index >= 15 is 0 Å². The number of aryl methyl sites for hydroxylation is 1. The van der Waals surface area contributed by atoms with Crippen LogP contribution in [0.5, 0.6) is 0 Å². The Morgan fingerprint density at radius 3 is 2.40 bits per heavy atom. The van der Waals surface area contributed by atoms with Gasteiger partial charge in [-0.3, -0.25) is 9.59 Å². The smallest absolute Gasteiger partial charge is 0.323 e. The van der Waals surface area contributed by atoms with Crippen LogP contribution in [0.3, 0.4) is 0 Å². The van der Waals surface area contributed by atoms with Crippen LogP contribution < -0.4 is 10.2 Å². The van der Waals surface area contributed by atoms with Crippen molar-refractivity contribution in [2.45, 2.75) is 13.8 Å². The van der Waals surface area contributed by atoms with Crippen LogP contribution in [0, 0.1) is 18.8 Å². The lowest BCUT2D eigenvalue weighted by atomic mass is 9.88. The molecule has 2 rings (SSSR count). The van der Waals surface area contributed by atoms with E-state index in [1.54, 1.807) is 12.1 Å². The molecule has 1 saturated heterocycles. The number of anilines is 1. The van der Waals surface area contributed by atoms with Crippen LogP contribution in [0.4, 0.5) is 5.69 Å². The highest BCUT2D eigenvalue weighted by Crippen LogP contribution is 2.23. The summed E-state index contributed by atoms with van der Waals surface area (Å²) in [5.41, 5.74) is 1.72. The molecule has 1 atom stereocenters. The fourth-order valence-electron chi connectivity index (χ4n) is 2.27. The summed E-state index contributed by atoms with van der Waals surface area (Å²) in [4.78, 5) is 24.9. The monoisotopic (exact) mass is 276 g/mol. The molecular formula is C15H20N2O3. The Morgan fingerprint density at radius 2 is 1.95 bits per heavy atom. The third-order valence-electron chi connectivity index (χ3n) is 3.81. The molecule has 1 aromatic rings. The maximum Gasteiger partial charge on any atom is 0.323 e. The van der Waals surface area contributed by atoms with E-state index in [2.05, 4.69) is 5.32 Å². The number of aliphatic carboxylic acids is 1. The minimum atomic E-state index is -1.00. The first-order valence-corrected chi connectivity index (χ1v) is 6.79. The van der Waals surface area contributed by atoms with Crippen LogP contribution in [0.15, 0.2) is 24.3 Å². The van der Waals surface area contributed by atoms with Gasteiger partial charge in [0.2, 0.25) is 5.91 Å². The first-order chi connectivity index (χ1) is 9.49. The van der Waals surface area contributed by atoms with Gasteiger partial charge in [-0.2, -0.15) is 0 Å². The molecule has 1 unspecified atom stereocenters. The quantitative estimate of drug-likeness (QED) is 0.849. The van der Waals surface area contributed by atoms with Gasteiger partial charge in [0.15, 0.2) is 0 Å². The number of rotatable bonds is 5. The average Bonchev–Trinajstić information content (AvgIpc) is 2.34. The molecule has 0 radical (unpaired) electrons. The number of carbonyl (C=O) groups excluding carboxylic acids is 1. The number of carboxylic acids is 1. The molecule has 0 aromatic heterocycles. The van der Waals surface area contributed by atoms with Crippen LogP contribution in [0.2, 0.25) is 0 Å². The van der Waals surface area contributed by atoms with Gasteiger partial charge in [0.05, 0.1) is 0 Å². The number of carbonyl (C=O) groups is 2. The molecule has 0 aliphatic carbocycles. The van der Waals surface area contributed by atoms with E-state index in [1.807, 2.05) is 26.0 Å². The number of hydrogen-bond acceptors (Lipinski definition) is 3. The highest BCUT2D eigenvalue weighted by atomic mass is 16.4. The fourth-order valence-corrected chi connectivity index (χ4v) is 2.27. The van der Waals surface area contributed by atoms with Gasteiger partial charge in [-0.05, 0) is 38.1 Å². The molecule has 2 N–H and O–H groups in total. The van der Waals surface area contributed by atoms with E-state index in [9.17, 15) is 9.59 Å². The summed E-state index contributed by atoms with van der Waals surface area (Å²) in [7, 11) is 0. The summed E-state index contributed by atoms with van der Waals surface area (Å²) >= 11 is 0. The molecule has 1 heterocycles. The van der Waals surface area contributed by atoms with E-state index in [0.29, 0.717) is 11.6 Å². The van der Waals surface area contributed by atoms with E-state index < -0.39 is 5.97 Å². The molecule has 1 amide bonds. The molecule has 5 heteroatoms. The third-order valence-corrected chi connectivity index (χ3v) is 3.81. The van der Waals surface area contributed by atoms with Crippen LogP contribution in [0.25, 0.3) is 0 Å². The first kappa shape index (κ1) is 14.5. The van der Waals surface area contributed by atoms with E-state index in [-0.39, 0.29) is 18.4 Å². The third kappa shape index (κ3) is 3.17. The summed E-state index contributed by atoms with van der Waals surface area (Å²) in [6.45, 7) is 5.17. The van der Waals surface area contributed by atoms with Crippen molar-refractivity contribution >= 4 is 17.6 Å². The van der Waals surface area contributed by atoms with Crippen LogP contribution >= 0.6 is 0 Å². The average molecular weight is 276 g/mol. The summed E-state index contributed by atoms with van der Waals surface area (Å²) in [5.74, 6) is -0.998. The van der Waals surface area contributed by atoms with Gasteiger partial charge in [-0.1, -0.05) is 24.6 Å². The summed E-state index contributed by atoms with van der Waals surface area (Å²) in [6, 6.07) is 7.35. The summed E-state index contributed by atoms with van der Waals surface area (Å²) < 4.78 is 0. The van der Waals surface area contributed by atoms with Crippen molar-refractivity contribution in [3.63, 3.8) is 0 Å². The predicted octanol–water partition coefficient (Wildman–Crippen LogP) is 1.27. The van der Waals surface area contributed by atoms with Gasteiger partial charge >= 0.3 is 5.97 Å². The summed E-state index contributed by atoms with van der Waals surface area (Å²) in [5, 5.41) is 12.2. The Kier molecular flexibility index (Phi) is 4.39. The molecule has 1 fully saturated rings. The molecule has 20 heavy (non-hydrogen) atoms. The van der Waals surface area contributed by atoms with Gasteiger partial charge < -0.3 is 15.3 Å². The Hall–Kier alpha value is -1.88. The van der Waals surface area contributed by atoms with Crippen molar-refractivity contribution in [2.24, 2.45) is 11.8 Å². The molecule has 0 bridgehead atoms. The molecule has 0 spiro atoms. The van der Waals surface area contributed by atoms with Gasteiger partial charge in [-0.15, -0.1) is 0 Å². The van der Waals surface area contributed by atoms with E-state index in [4.69, 9.17) is 5.11 Å². The fraction of sp³-hybridized carbons (Fsp3) is 0.467. The molecule has 108 valence electrons. The number of carboxylic acid groups (broad SMARTS) is 1. The lowest BCUT2D eigenvalue weighted by Gasteiger charge is -2.34. The zero-order valence-corrected chi connectivity index (χ0v) is 11.8. The van der Waals surface area contributed by atoms with Crippen molar-refractivity contribution in [2.75, 3.05) is 24.5 Å². The molecule has 1 aliphatic heterocycles. The van der Waals surface area contributed by atoms with Gasteiger partial charge in [-0.25, -0.2) is 0 Å². The van der Waals surface area contributed by atoms with Crippen molar-refractivity contribution in [3.05, 3.63) is 29.8 Å². The Bertz CT molecular complexity index is 494. The van der Waals surface area contributed by atoms with Gasteiger partial charge in [0.25, 0.3) is 0 Å². The highest BCUT2D eigenvalue weighted by molar-refractivity contribution is 5.98. The molecule has 5 nitrogen and oxygen atoms in total. The first-order valence-electron chi connectivity index (χ1n) is 6.79. The number of nitrogens with one attached hydrogen (secondary N) is 1. The second kappa shape index (κ2) is 6.05. The van der Waals surface area contributed by atoms with Crippen LogP contribution in [0.1, 0.15) is 12.5 Å². The number of nitrogens with zero attached hydrogens (tertiary/aromatic N) is 1. The Labute approximate surface area is 118 Å². The molecule has 1 aromatic carbocycles. The Balaban J connectivity index is 2.19. The highest BCUT2D eigenvalue weighted by Gasteiger charge is 2.32. The van der Waals surface area contributed by atoms with Crippen molar-refractivity contribution in [1.82, 2.24) is 5.32 Å². The van der Waals surface area contributed by atoms with Crippen molar-refractivity contribution in [3.8, 4) is 0 Å². The zero-order valence-electron chi connectivity index (χ0n) is 11.8. The Morgan fingerprint density at radius 1 is 1.35 bits per heavy atom. The standard InChI is InChI=1S/C15H20N2O3/c1-10-3-5-13(6-4-10)17(9-14(18)19)15(20)11(2)12-7-16-8-12/h3-6,11-12,16H,7-9H2,1-2H3,(H,18,19). The maximum absolute atomic E-state index is 12.5. The second-order valence-electron chi connectivity index (χ2n) is 5.36. The molecular weight excluding hydrogens is 256 g/mol. The van der Waals surface area contributed by atoms with Crippen molar-refractivity contribution in [1.29, 1.82) is 0 Å². The normalized spacial score (nSPS) is 16.3. The minimum absolute atomic E-state index is 0.122. The summed E-state index contributed by atoms with van der Waals surface area (Å²) in [6.07, 6.45) is 0. The topological polar surface area (TPSA) is 69.6 Å². The lowest BCUT2D eigenvalue weighted by Crippen LogP contribution is -2.51. The second-order valence-corrected chi connectivity index (χ2v) is 5.36. The maximum atomic E-state index is 12.5. The van der Waals surface area contributed by atoms with Gasteiger partial charge in [0, 0.05) is 11.6 Å². The zero-order chi connectivity index (χ0) is 14.7.